The maximum Gasteiger partial charge on any atom is 0.415 e. The largest absolute Gasteiger partial charge is 0.452 e. The summed E-state index contributed by atoms with van der Waals surface area (Å²) in [7, 11) is 2.47. The fraction of sp³-hybridized carbons (Fsp3) is 0.600. The maximum absolute atomic E-state index is 12.7. The molecule has 2 N–H and O–H groups in total. The van der Waals surface area contributed by atoms with E-state index in [1.807, 2.05) is 17.5 Å². The van der Waals surface area contributed by atoms with Crippen LogP contribution in [0.25, 0.3) is 0 Å². The summed E-state index contributed by atoms with van der Waals surface area (Å²) in [5, 5.41) is 14.6. The van der Waals surface area contributed by atoms with E-state index >= 15 is 0 Å². The first-order valence-electron chi connectivity index (χ1n) is 9.98. The molecule has 0 aliphatic carbocycles. The number of methoxy groups -OCH3 is 1. The molecule has 0 aliphatic heterocycles. The van der Waals surface area contributed by atoms with Crippen molar-refractivity contribution in [3.05, 3.63) is 17.5 Å². The number of carbonyl (C=O) groups excluding carboxylic acids is 4. The molecule has 0 fully saturated rings. The zero-order valence-electron chi connectivity index (χ0n) is 18.3. The number of hydrogen-bond acceptors (Lipinski definition) is 8. The Bertz CT molecular complexity index is 727. The van der Waals surface area contributed by atoms with Gasteiger partial charge in [0.15, 0.2) is 0 Å². The van der Waals surface area contributed by atoms with Crippen molar-refractivity contribution in [1.29, 1.82) is 0 Å². The second kappa shape index (κ2) is 14.0. The molecule has 5 amide bonds. The number of nitrogens with zero attached hydrogens (tertiary/aromatic N) is 2. The number of ether oxygens (including phenoxy) is 1. The number of imide groups is 2. The van der Waals surface area contributed by atoms with E-state index in [0.717, 1.165) is 15.5 Å². The molecule has 0 bridgehead atoms. The third-order valence-electron chi connectivity index (χ3n) is 4.43. The molecule has 11 heteroatoms. The van der Waals surface area contributed by atoms with Gasteiger partial charge < -0.3 is 10.1 Å². The van der Waals surface area contributed by atoms with Crippen LogP contribution >= 0.6 is 23.1 Å². The lowest BCUT2D eigenvalue weighted by Crippen LogP contribution is -2.45. The summed E-state index contributed by atoms with van der Waals surface area (Å²) in [6, 6.07) is 2.95. The molecule has 0 saturated heterocycles. The molecule has 0 radical (unpaired) electrons. The molecule has 0 aliphatic rings. The number of hydroxylamine groups is 2. The highest BCUT2D eigenvalue weighted by atomic mass is 32.2. The highest BCUT2D eigenvalue weighted by Gasteiger charge is 2.28. The molecule has 1 aromatic heterocycles. The van der Waals surface area contributed by atoms with E-state index in [4.69, 9.17) is 0 Å². The Morgan fingerprint density at radius 2 is 1.97 bits per heavy atom. The minimum atomic E-state index is -0.936. The van der Waals surface area contributed by atoms with Crippen LogP contribution in [0, 0.1) is 11.8 Å². The van der Waals surface area contributed by atoms with Gasteiger partial charge in [-0.2, -0.15) is 0 Å². The predicted molar refractivity (Wildman–Crippen MR) is 119 cm³/mol. The molecule has 1 heterocycles. The lowest BCUT2D eigenvalue weighted by atomic mass is 9.98. The van der Waals surface area contributed by atoms with Crippen molar-refractivity contribution >= 4 is 47.0 Å². The van der Waals surface area contributed by atoms with Crippen molar-refractivity contribution in [2.24, 2.45) is 11.8 Å². The fourth-order valence-electron chi connectivity index (χ4n) is 2.53. The quantitative estimate of drug-likeness (QED) is 0.217. The standard InChI is InChI=1S/C20H31N3O6S2/c1-14(2)9-10-15(13-31-17-8-6-12-30-17)18(25)23(28)19(26)21-11-5-7-16(24)22(3)20(27)29-4/h6,8,12,14-15,28H,5,7,9-11,13H2,1-4H3,(H,21,26)/t15-/m1/s1. The smallest absolute Gasteiger partial charge is 0.415 e. The highest BCUT2D eigenvalue weighted by molar-refractivity contribution is 8.01. The zero-order valence-corrected chi connectivity index (χ0v) is 20.0. The zero-order chi connectivity index (χ0) is 23.4. The number of thiophene rings is 1. The van der Waals surface area contributed by atoms with Crippen molar-refractivity contribution in [3.8, 4) is 0 Å². The van der Waals surface area contributed by atoms with E-state index in [9.17, 15) is 24.4 Å². The topological polar surface area (TPSA) is 116 Å². The van der Waals surface area contributed by atoms with E-state index in [-0.39, 0.29) is 24.4 Å². The van der Waals surface area contributed by atoms with Gasteiger partial charge in [-0.15, -0.1) is 28.2 Å². The van der Waals surface area contributed by atoms with Crippen LogP contribution in [0.15, 0.2) is 21.7 Å². The summed E-state index contributed by atoms with van der Waals surface area (Å²) in [5.74, 6) is -0.754. The number of carbonyl (C=O) groups is 4. The second-order valence-electron chi connectivity index (χ2n) is 7.32. The number of urea groups is 1. The average molecular weight is 474 g/mol. The van der Waals surface area contributed by atoms with Crippen molar-refractivity contribution < 1.29 is 29.1 Å². The molecule has 31 heavy (non-hydrogen) atoms. The van der Waals surface area contributed by atoms with Gasteiger partial charge in [-0.25, -0.2) is 9.59 Å². The molecule has 0 saturated carbocycles. The van der Waals surface area contributed by atoms with Crippen molar-refractivity contribution in [2.75, 3.05) is 26.5 Å². The number of nitrogens with one attached hydrogen (secondary N) is 1. The van der Waals surface area contributed by atoms with Crippen molar-refractivity contribution in [3.63, 3.8) is 0 Å². The van der Waals surface area contributed by atoms with Crippen LogP contribution in [-0.2, 0) is 14.3 Å². The van der Waals surface area contributed by atoms with Crippen molar-refractivity contribution in [1.82, 2.24) is 15.3 Å². The molecule has 1 rings (SSSR count). The molecule has 174 valence electrons. The molecule has 1 atom stereocenters. The minimum absolute atomic E-state index is 0.000276. The SMILES string of the molecule is COC(=O)N(C)C(=O)CCCNC(=O)N(O)C(=O)[C@H](CCC(C)C)CSc1cccs1. The first-order chi connectivity index (χ1) is 14.7. The van der Waals surface area contributed by atoms with Gasteiger partial charge in [0.05, 0.1) is 17.2 Å². The second-order valence-corrected chi connectivity index (χ2v) is 9.59. The Labute approximate surface area is 191 Å². The normalized spacial score (nSPS) is 11.7. The van der Waals surface area contributed by atoms with E-state index in [2.05, 4.69) is 23.9 Å². The van der Waals surface area contributed by atoms with Crippen LogP contribution in [-0.4, -0.2) is 65.6 Å². The van der Waals surface area contributed by atoms with Crippen LogP contribution < -0.4 is 5.32 Å². The predicted octanol–water partition coefficient (Wildman–Crippen LogP) is 3.83. The van der Waals surface area contributed by atoms with Gasteiger partial charge in [0.2, 0.25) is 5.91 Å². The number of amides is 5. The Hall–Kier alpha value is -2.11. The average Bonchev–Trinajstić information content (AvgIpc) is 3.27. The molecular formula is C20H31N3O6S2. The summed E-state index contributed by atoms with van der Waals surface area (Å²) >= 11 is 3.10. The summed E-state index contributed by atoms with van der Waals surface area (Å²) in [4.78, 5) is 48.8. The van der Waals surface area contributed by atoms with Crippen LogP contribution in [0.1, 0.15) is 39.5 Å². The van der Waals surface area contributed by atoms with E-state index in [1.165, 1.54) is 25.9 Å². The third kappa shape index (κ3) is 9.70. The third-order valence-corrected chi connectivity index (χ3v) is 6.72. The van der Waals surface area contributed by atoms with Crippen LogP contribution in [0.2, 0.25) is 0 Å². The minimum Gasteiger partial charge on any atom is -0.452 e. The van der Waals surface area contributed by atoms with Gasteiger partial charge in [-0.05, 0) is 30.2 Å². The summed E-state index contributed by atoms with van der Waals surface area (Å²) in [6.45, 7) is 4.16. The highest BCUT2D eigenvalue weighted by Crippen LogP contribution is 2.28. The first kappa shape index (κ1) is 26.9. The fourth-order valence-corrected chi connectivity index (χ4v) is 4.47. The molecule has 0 aromatic carbocycles. The lowest BCUT2D eigenvalue weighted by Gasteiger charge is -2.21. The van der Waals surface area contributed by atoms with E-state index < -0.39 is 29.9 Å². The Morgan fingerprint density at radius 1 is 1.26 bits per heavy atom. The van der Waals surface area contributed by atoms with Crippen molar-refractivity contribution in [2.45, 2.75) is 43.7 Å². The summed E-state index contributed by atoms with van der Waals surface area (Å²) < 4.78 is 5.52. The monoisotopic (exact) mass is 473 g/mol. The lowest BCUT2D eigenvalue weighted by molar-refractivity contribution is -0.157. The van der Waals surface area contributed by atoms with E-state index in [1.54, 1.807) is 11.3 Å². The van der Waals surface area contributed by atoms with Crippen LogP contribution in [0.4, 0.5) is 9.59 Å². The van der Waals surface area contributed by atoms with Gasteiger partial charge in [-0.1, -0.05) is 26.3 Å². The Morgan fingerprint density at radius 3 is 2.55 bits per heavy atom. The molecular weight excluding hydrogens is 442 g/mol. The number of hydrogen-bond donors (Lipinski definition) is 2. The van der Waals surface area contributed by atoms with Gasteiger partial charge in [0, 0.05) is 25.8 Å². The van der Waals surface area contributed by atoms with Crippen LogP contribution in [0.3, 0.4) is 0 Å². The Kier molecular flexibility index (Phi) is 12.2. The van der Waals surface area contributed by atoms with Gasteiger partial charge in [-0.3, -0.25) is 19.7 Å². The molecule has 9 nitrogen and oxygen atoms in total. The molecule has 0 spiro atoms. The van der Waals surface area contributed by atoms with Gasteiger partial charge >= 0.3 is 12.1 Å². The van der Waals surface area contributed by atoms with Gasteiger partial charge in [0.1, 0.15) is 0 Å². The van der Waals surface area contributed by atoms with E-state index in [0.29, 0.717) is 18.1 Å². The summed E-state index contributed by atoms with van der Waals surface area (Å²) in [6.07, 6.45) is 0.827. The van der Waals surface area contributed by atoms with Gasteiger partial charge in [0.25, 0.3) is 5.91 Å². The number of thioether (sulfide) groups is 1. The maximum atomic E-state index is 12.7. The number of rotatable bonds is 11. The molecule has 0 unspecified atom stereocenters. The molecule has 1 aromatic rings. The first-order valence-corrected chi connectivity index (χ1v) is 11.8. The Balaban J connectivity index is 2.52. The summed E-state index contributed by atoms with van der Waals surface area (Å²) in [5.41, 5.74) is 0. The van der Waals surface area contributed by atoms with Crippen LogP contribution in [0.5, 0.6) is 0 Å².